The molecule has 0 saturated heterocycles. The van der Waals surface area contributed by atoms with E-state index in [1.54, 1.807) is 6.20 Å². The van der Waals surface area contributed by atoms with E-state index in [-0.39, 0.29) is 11.8 Å². The standard InChI is InChI=1S/C27H20N6O2/c34-23-9-14-3-1-5-21-24(14)20(31-23)12-33(21)13-22-29-18-7-15-10-27(11-16(15)8-19(18)30-22)17-4-2-6-28-25(17)32-26(27)35/h1-8,12H,9-11,13H2,(H,29,30)(H,31,34)(H,28,32,35). The maximum absolute atomic E-state index is 13.0. The van der Waals surface area contributed by atoms with E-state index in [4.69, 9.17) is 4.98 Å². The van der Waals surface area contributed by atoms with Gasteiger partial charge in [0.15, 0.2) is 0 Å². The van der Waals surface area contributed by atoms with Crippen LogP contribution in [0.1, 0.15) is 28.1 Å². The molecular weight excluding hydrogens is 440 g/mol. The van der Waals surface area contributed by atoms with Crippen LogP contribution in [0, 0.1) is 0 Å². The first-order valence-corrected chi connectivity index (χ1v) is 11.8. The molecule has 35 heavy (non-hydrogen) atoms. The Hall–Kier alpha value is -4.46. The van der Waals surface area contributed by atoms with Gasteiger partial charge in [-0.1, -0.05) is 18.2 Å². The molecule has 8 heteroatoms. The van der Waals surface area contributed by atoms with Gasteiger partial charge in [-0.15, -0.1) is 0 Å². The number of nitrogens with zero attached hydrogens (tertiary/aromatic N) is 3. The molecule has 2 aromatic carbocycles. The molecule has 170 valence electrons. The number of anilines is 2. The SMILES string of the molecule is O=C1Cc2cccc3c2c(cn3Cc2nc3cc4c(cc3[nH]2)CC2(C4)C(=O)Nc3ncccc32)N1. The molecule has 1 spiro atoms. The van der Waals surface area contributed by atoms with Crippen molar-refractivity contribution in [2.45, 2.75) is 31.2 Å². The summed E-state index contributed by atoms with van der Waals surface area (Å²) in [5.41, 5.74) is 7.61. The third-order valence-electron chi connectivity index (χ3n) is 7.76. The molecular formula is C27H20N6O2. The molecule has 2 aliphatic heterocycles. The van der Waals surface area contributed by atoms with Crippen LogP contribution >= 0.6 is 0 Å². The van der Waals surface area contributed by atoms with Crippen molar-refractivity contribution < 1.29 is 9.59 Å². The average Bonchev–Trinajstić information content (AvgIpc) is 3.57. The second-order valence-electron chi connectivity index (χ2n) is 9.82. The molecule has 0 saturated carbocycles. The number of H-pyrrole nitrogens is 1. The zero-order valence-electron chi connectivity index (χ0n) is 18.7. The molecule has 5 aromatic rings. The summed E-state index contributed by atoms with van der Waals surface area (Å²) < 4.78 is 2.13. The van der Waals surface area contributed by atoms with E-state index in [0.29, 0.717) is 31.6 Å². The van der Waals surface area contributed by atoms with E-state index in [1.165, 1.54) is 5.56 Å². The van der Waals surface area contributed by atoms with Crippen LogP contribution in [-0.2, 0) is 40.8 Å². The molecule has 1 atom stereocenters. The summed E-state index contributed by atoms with van der Waals surface area (Å²) in [6.07, 6.45) is 5.42. The fraction of sp³-hybridized carbons (Fsp3) is 0.185. The first-order valence-electron chi connectivity index (χ1n) is 11.8. The summed E-state index contributed by atoms with van der Waals surface area (Å²) in [4.78, 5) is 37.8. The number of hydrogen-bond acceptors (Lipinski definition) is 4. The van der Waals surface area contributed by atoms with Gasteiger partial charge in [0.1, 0.15) is 11.6 Å². The van der Waals surface area contributed by atoms with Gasteiger partial charge in [0.25, 0.3) is 0 Å². The van der Waals surface area contributed by atoms with E-state index >= 15 is 0 Å². The molecule has 8 rings (SSSR count). The molecule has 8 nitrogen and oxygen atoms in total. The van der Waals surface area contributed by atoms with Gasteiger partial charge in [-0.05, 0) is 53.8 Å². The van der Waals surface area contributed by atoms with Gasteiger partial charge in [0.2, 0.25) is 11.8 Å². The zero-order valence-corrected chi connectivity index (χ0v) is 18.7. The number of aromatic nitrogens is 4. The summed E-state index contributed by atoms with van der Waals surface area (Å²) in [6, 6.07) is 14.3. The lowest BCUT2D eigenvalue weighted by Crippen LogP contribution is -2.35. The lowest BCUT2D eigenvalue weighted by atomic mass is 9.79. The molecule has 2 amide bonds. The van der Waals surface area contributed by atoms with Gasteiger partial charge in [0, 0.05) is 23.3 Å². The van der Waals surface area contributed by atoms with Gasteiger partial charge in [0.05, 0.1) is 40.6 Å². The minimum absolute atomic E-state index is 0.0214. The molecule has 1 unspecified atom stereocenters. The minimum Gasteiger partial charge on any atom is -0.340 e. The second kappa shape index (κ2) is 6.35. The smallest absolute Gasteiger partial charge is 0.237 e. The Bertz CT molecular complexity index is 1720. The number of rotatable bonds is 2. The Balaban J connectivity index is 1.16. The normalized spacial score (nSPS) is 17.1. The molecule has 1 aliphatic carbocycles. The third kappa shape index (κ3) is 2.51. The van der Waals surface area contributed by atoms with Gasteiger partial charge in [-0.2, -0.15) is 0 Å². The van der Waals surface area contributed by atoms with Crippen molar-refractivity contribution in [2.24, 2.45) is 0 Å². The molecule has 0 bridgehead atoms. The lowest BCUT2D eigenvalue weighted by molar-refractivity contribution is -0.120. The summed E-state index contributed by atoms with van der Waals surface area (Å²) >= 11 is 0. The molecule has 0 fully saturated rings. The molecule has 3 aromatic heterocycles. The first-order chi connectivity index (χ1) is 17.1. The molecule has 3 N–H and O–H groups in total. The predicted octanol–water partition coefficient (Wildman–Crippen LogP) is 3.44. The summed E-state index contributed by atoms with van der Waals surface area (Å²) in [5.74, 6) is 1.58. The highest BCUT2D eigenvalue weighted by atomic mass is 16.2. The summed E-state index contributed by atoms with van der Waals surface area (Å²) in [7, 11) is 0. The van der Waals surface area contributed by atoms with Crippen LogP contribution < -0.4 is 10.6 Å². The number of nitrogens with one attached hydrogen (secondary N) is 3. The zero-order chi connectivity index (χ0) is 23.3. The van der Waals surface area contributed by atoms with Crippen molar-refractivity contribution in [1.29, 1.82) is 0 Å². The number of pyridine rings is 1. The third-order valence-corrected chi connectivity index (χ3v) is 7.76. The highest BCUT2D eigenvalue weighted by Gasteiger charge is 2.51. The Labute approximate surface area is 199 Å². The topological polar surface area (TPSA) is 105 Å². The van der Waals surface area contributed by atoms with Crippen molar-refractivity contribution in [3.63, 3.8) is 0 Å². The average molecular weight is 460 g/mol. The Morgan fingerprint density at radius 2 is 1.89 bits per heavy atom. The van der Waals surface area contributed by atoms with Gasteiger partial charge >= 0.3 is 0 Å². The van der Waals surface area contributed by atoms with Crippen LogP contribution in [0.25, 0.3) is 21.9 Å². The van der Waals surface area contributed by atoms with Crippen LogP contribution in [0.15, 0.2) is 54.9 Å². The number of hydrogen-bond donors (Lipinski definition) is 3. The highest BCUT2D eigenvalue weighted by molar-refractivity contribution is 6.09. The number of benzene rings is 2. The maximum Gasteiger partial charge on any atom is 0.237 e. The van der Waals surface area contributed by atoms with Crippen LogP contribution in [-0.4, -0.2) is 31.3 Å². The monoisotopic (exact) mass is 460 g/mol. The number of carbonyl (C=O) groups is 2. The van der Waals surface area contributed by atoms with Gasteiger partial charge < -0.3 is 20.2 Å². The molecule has 0 radical (unpaired) electrons. The Morgan fingerprint density at radius 3 is 2.80 bits per heavy atom. The number of imidazole rings is 1. The minimum atomic E-state index is -0.581. The fourth-order valence-electron chi connectivity index (χ4n) is 6.23. The summed E-state index contributed by atoms with van der Waals surface area (Å²) in [6.45, 7) is 0.570. The number of aromatic amines is 1. The van der Waals surface area contributed by atoms with Crippen LogP contribution in [0.3, 0.4) is 0 Å². The second-order valence-corrected chi connectivity index (χ2v) is 9.82. The van der Waals surface area contributed by atoms with Crippen molar-refractivity contribution >= 4 is 45.3 Å². The highest BCUT2D eigenvalue weighted by Crippen LogP contribution is 2.47. The van der Waals surface area contributed by atoms with Crippen molar-refractivity contribution in [1.82, 2.24) is 19.5 Å². The van der Waals surface area contributed by atoms with Crippen LogP contribution in [0.5, 0.6) is 0 Å². The maximum atomic E-state index is 13.0. The number of fused-ring (bicyclic) bond motifs is 4. The predicted molar refractivity (Wildman–Crippen MR) is 131 cm³/mol. The van der Waals surface area contributed by atoms with E-state index < -0.39 is 5.41 Å². The van der Waals surface area contributed by atoms with Crippen LogP contribution in [0.2, 0.25) is 0 Å². The van der Waals surface area contributed by atoms with E-state index in [1.807, 2.05) is 30.5 Å². The Kier molecular flexibility index (Phi) is 3.43. The first kappa shape index (κ1) is 18.9. The van der Waals surface area contributed by atoms with Crippen molar-refractivity contribution in [3.8, 4) is 0 Å². The fourth-order valence-corrected chi connectivity index (χ4v) is 6.23. The summed E-state index contributed by atoms with van der Waals surface area (Å²) in [5, 5.41) is 7.07. The Morgan fingerprint density at radius 1 is 1.00 bits per heavy atom. The number of amides is 2. The van der Waals surface area contributed by atoms with Crippen molar-refractivity contribution in [2.75, 3.05) is 10.6 Å². The van der Waals surface area contributed by atoms with Crippen molar-refractivity contribution in [3.05, 3.63) is 82.9 Å². The van der Waals surface area contributed by atoms with E-state index in [2.05, 4.69) is 43.4 Å². The molecule has 5 heterocycles. The lowest BCUT2D eigenvalue weighted by Gasteiger charge is -2.20. The van der Waals surface area contributed by atoms with Crippen LogP contribution in [0.4, 0.5) is 11.5 Å². The molecule has 3 aliphatic rings. The van der Waals surface area contributed by atoms with E-state index in [9.17, 15) is 9.59 Å². The van der Waals surface area contributed by atoms with Gasteiger partial charge in [-0.25, -0.2) is 9.97 Å². The quantitative estimate of drug-likeness (QED) is 0.375. The van der Waals surface area contributed by atoms with Gasteiger partial charge in [-0.3, -0.25) is 9.59 Å². The van der Waals surface area contributed by atoms with E-state index in [0.717, 1.165) is 50.1 Å². The largest absolute Gasteiger partial charge is 0.340 e. The number of carbonyl (C=O) groups excluding carboxylic acids is 2.